The second kappa shape index (κ2) is 4.36. The van der Waals surface area contributed by atoms with Crippen molar-refractivity contribution in [3.05, 3.63) is 20.4 Å². The Bertz CT molecular complexity index is 322. The lowest BCUT2D eigenvalue weighted by Crippen LogP contribution is -1.97. The van der Waals surface area contributed by atoms with Gasteiger partial charge in [0.1, 0.15) is 10.7 Å². The molecule has 0 atom stereocenters. The predicted octanol–water partition coefficient (Wildman–Crippen LogP) is 3.29. The zero-order valence-corrected chi connectivity index (χ0v) is 9.44. The van der Waals surface area contributed by atoms with Gasteiger partial charge in [0.2, 0.25) is 5.88 Å². The molecular formula is C7H5ClF2INO. The Morgan fingerprint density at radius 2 is 2.23 bits per heavy atom. The van der Waals surface area contributed by atoms with Crippen molar-refractivity contribution in [2.45, 2.75) is 6.43 Å². The van der Waals surface area contributed by atoms with E-state index in [-0.39, 0.29) is 16.6 Å². The first-order valence-corrected chi connectivity index (χ1v) is 4.70. The molecule has 0 aromatic carbocycles. The van der Waals surface area contributed by atoms with Crippen LogP contribution >= 0.6 is 34.2 Å². The van der Waals surface area contributed by atoms with E-state index in [9.17, 15) is 8.78 Å². The van der Waals surface area contributed by atoms with E-state index in [1.165, 1.54) is 13.2 Å². The number of rotatable bonds is 2. The van der Waals surface area contributed by atoms with Gasteiger partial charge in [-0.05, 0) is 28.7 Å². The number of methoxy groups -OCH3 is 1. The van der Waals surface area contributed by atoms with Gasteiger partial charge in [0.15, 0.2) is 0 Å². The quantitative estimate of drug-likeness (QED) is 0.781. The normalized spacial score (nSPS) is 10.6. The van der Waals surface area contributed by atoms with Gasteiger partial charge < -0.3 is 4.74 Å². The van der Waals surface area contributed by atoms with Crippen molar-refractivity contribution in [2.75, 3.05) is 7.11 Å². The molecule has 0 aliphatic heterocycles. The minimum absolute atomic E-state index is 0.0314. The van der Waals surface area contributed by atoms with E-state index in [1.807, 2.05) is 22.6 Å². The molecule has 0 spiro atoms. The molecular weight excluding hydrogens is 314 g/mol. The SMILES string of the molecule is COc1nc(C(F)F)cc(I)c1Cl. The van der Waals surface area contributed by atoms with Crippen LogP contribution in [0, 0.1) is 3.57 Å². The molecule has 0 fully saturated rings. The highest BCUT2D eigenvalue weighted by atomic mass is 127. The van der Waals surface area contributed by atoms with Gasteiger partial charge in [-0.15, -0.1) is 0 Å². The third kappa shape index (κ3) is 2.40. The summed E-state index contributed by atoms with van der Waals surface area (Å²) in [6, 6.07) is 1.23. The second-order valence-electron chi connectivity index (χ2n) is 2.15. The largest absolute Gasteiger partial charge is 0.480 e. The van der Waals surface area contributed by atoms with Crippen LogP contribution in [-0.4, -0.2) is 12.1 Å². The minimum atomic E-state index is -2.61. The maximum atomic E-state index is 12.2. The summed E-state index contributed by atoms with van der Waals surface area (Å²) in [5.41, 5.74) is -0.328. The molecule has 13 heavy (non-hydrogen) atoms. The van der Waals surface area contributed by atoms with E-state index in [0.717, 1.165) is 0 Å². The Kier molecular flexibility index (Phi) is 3.66. The fourth-order valence-corrected chi connectivity index (χ4v) is 1.46. The van der Waals surface area contributed by atoms with Crippen LogP contribution in [0.1, 0.15) is 12.1 Å². The molecule has 1 aromatic heterocycles. The summed E-state index contributed by atoms with van der Waals surface area (Å²) in [5, 5.41) is 0.257. The number of hydrogen-bond donors (Lipinski definition) is 0. The van der Waals surface area contributed by atoms with Crippen LogP contribution in [0.2, 0.25) is 5.02 Å². The van der Waals surface area contributed by atoms with Crippen molar-refractivity contribution in [1.82, 2.24) is 4.98 Å². The van der Waals surface area contributed by atoms with Gasteiger partial charge in [0.05, 0.1) is 7.11 Å². The third-order valence-electron chi connectivity index (χ3n) is 1.32. The number of pyridine rings is 1. The highest BCUT2D eigenvalue weighted by Gasteiger charge is 2.15. The molecule has 0 unspecified atom stereocenters. The minimum Gasteiger partial charge on any atom is -0.480 e. The molecule has 0 saturated heterocycles. The molecule has 0 aliphatic carbocycles. The molecule has 0 bridgehead atoms. The van der Waals surface area contributed by atoms with E-state index in [2.05, 4.69) is 4.98 Å². The van der Waals surface area contributed by atoms with Crippen LogP contribution < -0.4 is 4.74 Å². The molecule has 0 aliphatic rings. The van der Waals surface area contributed by atoms with Crippen LogP contribution in [0.5, 0.6) is 5.88 Å². The maximum Gasteiger partial charge on any atom is 0.280 e. The van der Waals surface area contributed by atoms with E-state index < -0.39 is 6.43 Å². The van der Waals surface area contributed by atoms with Gasteiger partial charge in [-0.2, -0.15) is 0 Å². The number of alkyl halides is 2. The number of hydrogen-bond acceptors (Lipinski definition) is 2. The zero-order chi connectivity index (χ0) is 10.0. The second-order valence-corrected chi connectivity index (χ2v) is 3.69. The van der Waals surface area contributed by atoms with Gasteiger partial charge in [-0.25, -0.2) is 13.8 Å². The highest BCUT2D eigenvalue weighted by Crippen LogP contribution is 2.30. The Balaban J connectivity index is 3.22. The topological polar surface area (TPSA) is 22.1 Å². The van der Waals surface area contributed by atoms with Gasteiger partial charge >= 0.3 is 0 Å². The predicted molar refractivity (Wildman–Crippen MR) is 53.5 cm³/mol. The Morgan fingerprint density at radius 1 is 1.62 bits per heavy atom. The first kappa shape index (κ1) is 10.9. The first-order valence-electron chi connectivity index (χ1n) is 3.24. The first-order chi connectivity index (χ1) is 6.06. The number of nitrogens with zero attached hydrogens (tertiary/aromatic N) is 1. The monoisotopic (exact) mass is 319 g/mol. The van der Waals surface area contributed by atoms with Crippen LogP contribution in [-0.2, 0) is 0 Å². The number of ether oxygens (including phenoxy) is 1. The van der Waals surface area contributed by atoms with Crippen molar-refractivity contribution in [3.63, 3.8) is 0 Å². The molecule has 0 amide bonds. The third-order valence-corrected chi connectivity index (χ3v) is 2.85. The lowest BCUT2D eigenvalue weighted by Gasteiger charge is -2.06. The van der Waals surface area contributed by atoms with Gasteiger partial charge in [0, 0.05) is 3.57 Å². The van der Waals surface area contributed by atoms with E-state index in [1.54, 1.807) is 0 Å². The Hall–Kier alpha value is -0.170. The summed E-state index contributed by atoms with van der Waals surface area (Å²) in [4.78, 5) is 3.54. The van der Waals surface area contributed by atoms with Crippen LogP contribution in [0.15, 0.2) is 6.07 Å². The van der Waals surface area contributed by atoms with Crippen molar-refractivity contribution in [1.29, 1.82) is 0 Å². The van der Waals surface area contributed by atoms with Crippen molar-refractivity contribution in [2.24, 2.45) is 0 Å². The van der Waals surface area contributed by atoms with Crippen molar-refractivity contribution in [3.8, 4) is 5.88 Å². The van der Waals surface area contributed by atoms with E-state index >= 15 is 0 Å². The van der Waals surface area contributed by atoms with Gasteiger partial charge in [0.25, 0.3) is 6.43 Å². The summed E-state index contributed by atoms with van der Waals surface area (Å²) in [6.07, 6.45) is -2.61. The summed E-state index contributed by atoms with van der Waals surface area (Å²) < 4.78 is 29.7. The zero-order valence-electron chi connectivity index (χ0n) is 6.52. The van der Waals surface area contributed by atoms with E-state index in [0.29, 0.717) is 3.57 Å². The van der Waals surface area contributed by atoms with Gasteiger partial charge in [-0.3, -0.25) is 0 Å². The van der Waals surface area contributed by atoms with Crippen LogP contribution in [0.25, 0.3) is 0 Å². The molecule has 6 heteroatoms. The van der Waals surface area contributed by atoms with E-state index in [4.69, 9.17) is 16.3 Å². The molecule has 2 nitrogen and oxygen atoms in total. The molecule has 1 rings (SSSR count). The molecule has 1 heterocycles. The maximum absolute atomic E-state index is 12.2. The molecule has 1 aromatic rings. The van der Waals surface area contributed by atoms with Crippen LogP contribution in [0.3, 0.4) is 0 Å². The Labute approximate surface area is 92.4 Å². The molecule has 0 saturated carbocycles. The van der Waals surface area contributed by atoms with Crippen molar-refractivity contribution < 1.29 is 13.5 Å². The summed E-state index contributed by atoms with van der Waals surface area (Å²) in [5.74, 6) is 0.0314. The average molecular weight is 319 g/mol. The van der Waals surface area contributed by atoms with Crippen molar-refractivity contribution >= 4 is 34.2 Å². The Morgan fingerprint density at radius 3 is 2.69 bits per heavy atom. The highest BCUT2D eigenvalue weighted by molar-refractivity contribution is 14.1. The average Bonchev–Trinajstić information content (AvgIpc) is 2.09. The molecule has 72 valence electrons. The van der Waals surface area contributed by atoms with Crippen LogP contribution in [0.4, 0.5) is 8.78 Å². The lowest BCUT2D eigenvalue weighted by atomic mass is 10.3. The standard InChI is InChI=1S/C7H5ClF2INO/c1-13-7-5(8)3(11)2-4(12-7)6(9)10/h2,6H,1H3. The lowest BCUT2D eigenvalue weighted by molar-refractivity contribution is 0.145. The number of aromatic nitrogens is 1. The fourth-order valence-electron chi connectivity index (χ4n) is 0.741. The summed E-state index contributed by atoms with van der Waals surface area (Å²) in [7, 11) is 1.33. The summed E-state index contributed by atoms with van der Waals surface area (Å²) in [6.45, 7) is 0. The fraction of sp³-hybridized carbons (Fsp3) is 0.286. The van der Waals surface area contributed by atoms with Gasteiger partial charge in [-0.1, -0.05) is 11.6 Å². The molecule has 0 N–H and O–H groups in total. The molecule has 0 radical (unpaired) electrons. The number of halogens is 4. The summed E-state index contributed by atoms with van der Waals surface area (Å²) >= 11 is 7.58. The smallest absolute Gasteiger partial charge is 0.280 e.